The molecule has 2 aromatic rings. The number of pyridine rings is 1. The minimum absolute atomic E-state index is 0.118. The molecule has 104 valence electrons. The van der Waals surface area contributed by atoms with Crippen molar-refractivity contribution in [2.24, 2.45) is 0 Å². The minimum atomic E-state index is -1.22. The Hall–Kier alpha value is -2.15. The molecule has 0 saturated carbocycles. The van der Waals surface area contributed by atoms with E-state index in [-0.39, 0.29) is 18.0 Å². The van der Waals surface area contributed by atoms with Crippen molar-refractivity contribution in [1.82, 2.24) is 4.98 Å². The average Bonchev–Trinajstić information content (AvgIpc) is 2.39. The minimum Gasteiger partial charge on any atom is -0.506 e. The second kappa shape index (κ2) is 5.87. The fourth-order valence-corrected chi connectivity index (χ4v) is 1.94. The predicted molar refractivity (Wildman–Crippen MR) is 74.2 cm³/mol. The van der Waals surface area contributed by atoms with E-state index in [0.717, 1.165) is 4.90 Å². The Morgan fingerprint density at radius 1 is 1.35 bits per heavy atom. The third-order valence-corrected chi connectivity index (χ3v) is 3.02. The molecule has 0 spiro atoms. The number of anilines is 1. The highest BCUT2D eigenvalue weighted by Crippen LogP contribution is 2.24. The molecule has 20 heavy (non-hydrogen) atoms. The molecular formula is C13H10BrFN2O3. The molecule has 0 atom stereocenters. The first-order valence-electron chi connectivity index (χ1n) is 5.57. The topological polar surface area (TPSA) is 73.7 Å². The number of carboxylic acid groups (broad SMARTS) is 1. The Morgan fingerprint density at radius 2 is 2.00 bits per heavy atom. The van der Waals surface area contributed by atoms with E-state index in [4.69, 9.17) is 0 Å². The van der Waals surface area contributed by atoms with Gasteiger partial charge in [0.05, 0.1) is 6.54 Å². The van der Waals surface area contributed by atoms with E-state index in [2.05, 4.69) is 20.9 Å². The Balaban J connectivity index is 2.30. The molecule has 1 amide bonds. The van der Waals surface area contributed by atoms with Crippen molar-refractivity contribution in [3.8, 4) is 5.75 Å². The number of carbonyl (C=O) groups is 1. The van der Waals surface area contributed by atoms with Gasteiger partial charge in [-0.15, -0.1) is 0 Å². The summed E-state index contributed by atoms with van der Waals surface area (Å²) in [6.07, 6.45) is 0.237. The van der Waals surface area contributed by atoms with E-state index in [1.54, 1.807) is 0 Å². The number of amides is 1. The molecule has 7 heteroatoms. The van der Waals surface area contributed by atoms with Crippen molar-refractivity contribution in [3.05, 3.63) is 52.5 Å². The zero-order chi connectivity index (χ0) is 14.7. The van der Waals surface area contributed by atoms with Crippen LogP contribution in [0.25, 0.3) is 0 Å². The van der Waals surface area contributed by atoms with Crippen LogP contribution >= 0.6 is 15.9 Å². The summed E-state index contributed by atoms with van der Waals surface area (Å²) in [6, 6.07) is 6.45. The lowest BCUT2D eigenvalue weighted by Gasteiger charge is -2.19. The van der Waals surface area contributed by atoms with Gasteiger partial charge < -0.3 is 10.2 Å². The van der Waals surface area contributed by atoms with Crippen molar-refractivity contribution in [3.63, 3.8) is 0 Å². The molecule has 0 unspecified atom stereocenters. The van der Waals surface area contributed by atoms with E-state index in [0.29, 0.717) is 10.2 Å². The second-order valence-electron chi connectivity index (χ2n) is 3.96. The third-order valence-electron chi connectivity index (χ3n) is 2.59. The summed E-state index contributed by atoms with van der Waals surface area (Å²) in [5.74, 6) is -0.573. The van der Waals surface area contributed by atoms with Crippen molar-refractivity contribution < 1.29 is 19.4 Å². The van der Waals surface area contributed by atoms with Gasteiger partial charge in [0.15, 0.2) is 0 Å². The van der Waals surface area contributed by atoms with Crippen LogP contribution in [0.3, 0.4) is 0 Å². The molecular weight excluding hydrogens is 331 g/mol. The van der Waals surface area contributed by atoms with Crippen LogP contribution in [0.1, 0.15) is 5.69 Å². The van der Waals surface area contributed by atoms with E-state index in [9.17, 15) is 19.4 Å². The summed E-state index contributed by atoms with van der Waals surface area (Å²) in [4.78, 5) is 16.2. The number of hydrogen-bond acceptors (Lipinski definition) is 3. The Labute approximate surface area is 122 Å². The normalized spacial score (nSPS) is 10.3. The maximum absolute atomic E-state index is 12.9. The highest BCUT2D eigenvalue weighted by molar-refractivity contribution is 9.10. The van der Waals surface area contributed by atoms with Gasteiger partial charge in [-0.05, 0) is 46.3 Å². The first-order chi connectivity index (χ1) is 9.47. The van der Waals surface area contributed by atoms with Crippen LogP contribution in [-0.4, -0.2) is 21.3 Å². The average molecular weight is 341 g/mol. The van der Waals surface area contributed by atoms with Gasteiger partial charge in [-0.3, -0.25) is 9.88 Å². The number of hydrogen-bond donors (Lipinski definition) is 2. The highest BCUT2D eigenvalue weighted by Gasteiger charge is 2.17. The molecule has 0 bridgehead atoms. The van der Waals surface area contributed by atoms with E-state index in [1.807, 2.05) is 0 Å². The lowest BCUT2D eigenvalue weighted by Crippen LogP contribution is -2.29. The van der Waals surface area contributed by atoms with Crippen LogP contribution in [-0.2, 0) is 6.54 Å². The monoisotopic (exact) mass is 340 g/mol. The Bertz CT molecular complexity index is 634. The van der Waals surface area contributed by atoms with Crippen molar-refractivity contribution in [1.29, 1.82) is 0 Å². The van der Waals surface area contributed by atoms with Crippen LogP contribution in [0.5, 0.6) is 5.75 Å². The highest BCUT2D eigenvalue weighted by atomic mass is 79.9. The molecule has 2 N–H and O–H groups in total. The molecule has 0 aliphatic rings. The summed E-state index contributed by atoms with van der Waals surface area (Å²) >= 11 is 3.15. The predicted octanol–water partition coefficient (Wildman–Crippen LogP) is 3.37. The molecule has 1 heterocycles. The van der Waals surface area contributed by atoms with E-state index >= 15 is 0 Å². The number of rotatable bonds is 3. The summed E-state index contributed by atoms with van der Waals surface area (Å²) in [5.41, 5.74) is 0.503. The molecule has 5 nitrogen and oxygen atoms in total. The SMILES string of the molecule is O=C(O)N(Cc1ncc(Br)cc1O)c1ccc(F)cc1. The van der Waals surface area contributed by atoms with Crippen molar-refractivity contribution >= 4 is 27.7 Å². The number of aromatic hydroxyl groups is 1. The molecule has 1 aromatic carbocycles. The van der Waals surface area contributed by atoms with E-state index in [1.165, 1.54) is 36.5 Å². The van der Waals surface area contributed by atoms with Crippen LogP contribution in [0, 0.1) is 5.82 Å². The van der Waals surface area contributed by atoms with Crippen molar-refractivity contribution in [2.45, 2.75) is 6.54 Å². The quantitative estimate of drug-likeness (QED) is 0.898. The van der Waals surface area contributed by atoms with Crippen molar-refractivity contribution in [2.75, 3.05) is 4.90 Å². The standard InChI is InChI=1S/C13H10BrFN2O3/c14-8-5-12(18)11(16-6-8)7-17(13(19)20)10-3-1-9(15)2-4-10/h1-6,18H,7H2,(H,19,20). The Kier molecular flexibility index (Phi) is 4.19. The molecule has 0 fully saturated rings. The van der Waals surface area contributed by atoms with Gasteiger partial charge in [0, 0.05) is 16.4 Å². The molecule has 0 aliphatic heterocycles. The van der Waals surface area contributed by atoms with Gasteiger partial charge in [0.25, 0.3) is 0 Å². The van der Waals surface area contributed by atoms with Gasteiger partial charge >= 0.3 is 6.09 Å². The zero-order valence-electron chi connectivity index (χ0n) is 10.1. The third kappa shape index (κ3) is 3.24. The first kappa shape index (κ1) is 14.3. The van der Waals surface area contributed by atoms with Gasteiger partial charge in [-0.25, -0.2) is 9.18 Å². The molecule has 0 saturated heterocycles. The van der Waals surface area contributed by atoms with Gasteiger partial charge in [-0.2, -0.15) is 0 Å². The molecule has 2 rings (SSSR count). The summed E-state index contributed by atoms with van der Waals surface area (Å²) < 4.78 is 13.4. The lowest BCUT2D eigenvalue weighted by atomic mass is 10.2. The Morgan fingerprint density at radius 3 is 2.55 bits per heavy atom. The zero-order valence-corrected chi connectivity index (χ0v) is 11.7. The largest absolute Gasteiger partial charge is 0.506 e. The number of benzene rings is 1. The summed E-state index contributed by atoms with van der Waals surface area (Å²) in [5, 5.41) is 19.0. The van der Waals surface area contributed by atoms with Gasteiger partial charge in [-0.1, -0.05) is 0 Å². The molecule has 0 radical (unpaired) electrons. The maximum atomic E-state index is 12.9. The summed E-state index contributed by atoms with van der Waals surface area (Å²) in [6.45, 7) is -0.139. The second-order valence-corrected chi connectivity index (χ2v) is 4.88. The number of nitrogens with zero attached hydrogens (tertiary/aromatic N) is 2. The summed E-state index contributed by atoms with van der Waals surface area (Å²) in [7, 11) is 0. The van der Waals surface area contributed by atoms with E-state index < -0.39 is 11.9 Å². The maximum Gasteiger partial charge on any atom is 0.412 e. The first-order valence-corrected chi connectivity index (χ1v) is 6.36. The lowest BCUT2D eigenvalue weighted by molar-refractivity contribution is 0.201. The number of halogens is 2. The van der Waals surface area contributed by atoms with Crippen LogP contribution in [0.15, 0.2) is 41.0 Å². The number of aromatic nitrogens is 1. The van der Waals surface area contributed by atoms with Gasteiger partial charge in [0.2, 0.25) is 0 Å². The molecule has 1 aromatic heterocycles. The molecule has 0 aliphatic carbocycles. The fourth-order valence-electron chi connectivity index (χ4n) is 1.62. The smallest absolute Gasteiger partial charge is 0.412 e. The van der Waals surface area contributed by atoms with Crippen LogP contribution in [0.2, 0.25) is 0 Å². The van der Waals surface area contributed by atoms with Gasteiger partial charge in [0.1, 0.15) is 17.3 Å². The fraction of sp³-hybridized carbons (Fsp3) is 0.0769. The van der Waals surface area contributed by atoms with Crippen LogP contribution in [0.4, 0.5) is 14.9 Å². The van der Waals surface area contributed by atoms with Crippen LogP contribution < -0.4 is 4.90 Å².